The minimum atomic E-state index is -0.999. The first-order valence-electron chi connectivity index (χ1n) is 5.09. The van der Waals surface area contributed by atoms with Crippen LogP contribution in [0.5, 0.6) is 0 Å². The van der Waals surface area contributed by atoms with Crippen LogP contribution in [0.15, 0.2) is 36.4 Å². The van der Waals surface area contributed by atoms with E-state index >= 15 is 0 Å². The van der Waals surface area contributed by atoms with E-state index in [1.165, 1.54) is 4.90 Å². The van der Waals surface area contributed by atoms with Crippen molar-refractivity contribution in [2.24, 2.45) is 0 Å². The number of benzene rings is 1. The van der Waals surface area contributed by atoms with Crippen LogP contribution in [0.3, 0.4) is 0 Å². The monoisotopic (exact) mass is 219 g/mol. The number of amides is 1. The highest BCUT2D eigenvalue weighted by Gasteiger charge is 2.28. The van der Waals surface area contributed by atoms with Gasteiger partial charge in [0.2, 0.25) is 0 Å². The van der Waals surface area contributed by atoms with Gasteiger partial charge in [0.1, 0.15) is 0 Å². The molecule has 0 saturated heterocycles. The molecule has 16 heavy (non-hydrogen) atoms. The summed E-state index contributed by atoms with van der Waals surface area (Å²) in [4.78, 5) is 12.2. The molecule has 0 fully saturated rings. The number of carboxylic acid groups (broad SMARTS) is 1. The van der Waals surface area contributed by atoms with Crippen LogP contribution in [0, 0.1) is 0 Å². The second kappa shape index (κ2) is 4.37. The fourth-order valence-corrected chi connectivity index (χ4v) is 1.88. The van der Waals surface area contributed by atoms with Gasteiger partial charge >= 0.3 is 6.09 Å². The molecule has 1 aromatic carbocycles. The maximum atomic E-state index is 10.9. The Morgan fingerprint density at radius 2 is 2.06 bits per heavy atom. The molecule has 2 N–H and O–H groups in total. The molecule has 0 radical (unpaired) electrons. The van der Waals surface area contributed by atoms with Crippen molar-refractivity contribution in [2.75, 3.05) is 13.2 Å². The third-order valence-corrected chi connectivity index (χ3v) is 2.71. The first kappa shape index (κ1) is 10.7. The lowest BCUT2D eigenvalue weighted by Gasteiger charge is -2.18. The summed E-state index contributed by atoms with van der Waals surface area (Å²) in [6.07, 6.45) is 0.810. The van der Waals surface area contributed by atoms with Crippen LogP contribution in [0.25, 0.3) is 5.57 Å². The molecule has 1 amide bonds. The summed E-state index contributed by atoms with van der Waals surface area (Å²) in [5, 5.41) is 18.1. The van der Waals surface area contributed by atoms with E-state index in [0.717, 1.165) is 11.1 Å². The van der Waals surface area contributed by atoms with Crippen molar-refractivity contribution < 1.29 is 15.0 Å². The number of rotatable bonds is 2. The lowest BCUT2D eigenvalue weighted by atomic mass is 10.1. The summed E-state index contributed by atoms with van der Waals surface area (Å²) >= 11 is 0. The molecule has 1 aliphatic rings. The fourth-order valence-electron chi connectivity index (χ4n) is 1.88. The third-order valence-electron chi connectivity index (χ3n) is 2.71. The quantitative estimate of drug-likeness (QED) is 0.790. The largest absolute Gasteiger partial charge is 0.465 e. The average molecular weight is 219 g/mol. The summed E-state index contributed by atoms with van der Waals surface area (Å²) in [5.41, 5.74) is 1.95. The Morgan fingerprint density at radius 1 is 1.38 bits per heavy atom. The van der Waals surface area contributed by atoms with Gasteiger partial charge in [-0.3, -0.25) is 4.90 Å². The van der Waals surface area contributed by atoms with Crippen molar-refractivity contribution in [2.45, 2.75) is 6.04 Å². The van der Waals surface area contributed by atoms with Gasteiger partial charge in [-0.05, 0) is 11.1 Å². The molecule has 1 heterocycles. The van der Waals surface area contributed by atoms with Crippen LogP contribution in [-0.4, -0.2) is 40.4 Å². The molecule has 0 spiro atoms. The van der Waals surface area contributed by atoms with Gasteiger partial charge in [0.05, 0.1) is 19.2 Å². The zero-order valence-electron chi connectivity index (χ0n) is 8.71. The maximum Gasteiger partial charge on any atom is 0.408 e. The first-order valence-corrected chi connectivity index (χ1v) is 5.09. The molecule has 0 bridgehead atoms. The van der Waals surface area contributed by atoms with Gasteiger partial charge < -0.3 is 10.2 Å². The average Bonchev–Trinajstić information content (AvgIpc) is 2.74. The van der Waals surface area contributed by atoms with Crippen molar-refractivity contribution in [1.82, 2.24) is 4.90 Å². The Bertz CT molecular complexity index is 414. The van der Waals surface area contributed by atoms with E-state index in [4.69, 9.17) is 10.2 Å². The highest BCUT2D eigenvalue weighted by atomic mass is 16.4. The van der Waals surface area contributed by atoms with Crippen LogP contribution in [0.1, 0.15) is 5.56 Å². The number of nitrogens with zero attached hydrogens (tertiary/aromatic N) is 1. The van der Waals surface area contributed by atoms with Crippen LogP contribution < -0.4 is 0 Å². The second-order valence-corrected chi connectivity index (χ2v) is 3.72. The Labute approximate surface area is 93.4 Å². The van der Waals surface area contributed by atoms with Crippen molar-refractivity contribution >= 4 is 11.7 Å². The van der Waals surface area contributed by atoms with Gasteiger partial charge in [0.15, 0.2) is 0 Å². The van der Waals surface area contributed by atoms with Crippen molar-refractivity contribution in [3.63, 3.8) is 0 Å². The predicted molar refractivity (Wildman–Crippen MR) is 60.0 cm³/mol. The van der Waals surface area contributed by atoms with E-state index in [1.54, 1.807) is 0 Å². The molecular formula is C12H13NO3. The molecule has 1 aromatic rings. The van der Waals surface area contributed by atoms with Gasteiger partial charge in [-0.1, -0.05) is 36.4 Å². The zero-order valence-corrected chi connectivity index (χ0v) is 8.71. The summed E-state index contributed by atoms with van der Waals surface area (Å²) in [6, 6.07) is 9.18. The molecule has 1 atom stereocenters. The lowest BCUT2D eigenvalue weighted by Crippen LogP contribution is -2.37. The van der Waals surface area contributed by atoms with E-state index in [1.807, 2.05) is 36.4 Å². The van der Waals surface area contributed by atoms with E-state index in [-0.39, 0.29) is 6.61 Å². The molecule has 4 nitrogen and oxygen atoms in total. The van der Waals surface area contributed by atoms with Gasteiger partial charge in [-0.25, -0.2) is 4.79 Å². The number of carbonyl (C=O) groups is 1. The van der Waals surface area contributed by atoms with Crippen molar-refractivity contribution in [3.8, 4) is 0 Å². The SMILES string of the molecule is O=C(O)N1CC(c2ccccc2)=CC1CO. The Morgan fingerprint density at radius 3 is 2.56 bits per heavy atom. The third kappa shape index (κ3) is 1.92. The van der Waals surface area contributed by atoms with Gasteiger partial charge in [0, 0.05) is 0 Å². The molecule has 0 aliphatic carbocycles. The summed E-state index contributed by atoms with van der Waals surface area (Å²) in [6.45, 7) is 0.160. The molecule has 1 aliphatic heterocycles. The minimum absolute atomic E-state index is 0.178. The Balaban J connectivity index is 2.23. The minimum Gasteiger partial charge on any atom is -0.465 e. The molecular weight excluding hydrogens is 206 g/mol. The number of hydrogen-bond acceptors (Lipinski definition) is 2. The van der Waals surface area contributed by atoms with Crippen molar-refractivity contribution in [1.29, 1.82) is 0 Å². The molecule has 1 unspecified atom stereocenters. The van der Waals surface area contributed by atoms with Crippen LogP contribution in [0.4, 0.5) is 4.79 Å². The number of aliphatic hydroxyl groups excluding tert-OH is 1. The van der Waals surface area contributed by atoms with E-state index in [9.17, 15) is 4.79 Å². The number of hydrogen-bond donors (Lipinski definition) is 2. The van der Waals surface area contributed by atoms with Crippen LogP contribution >= 0.6 is 0 Å². The highest BCUT2D eigenvalue weighted by Crippen LogP contribution is 2.24. The zero-order chi connectivity index (χ0) is 11.5. The van der Waals surface area contributed by atoms with Gasteiger partial charge in [-0.15, -0.1) is 0 Å². The molecule has 2 rings (SSSR count). The molecule has 0 aromatic heterocycles. The standard InChI is InChI=1S/C12H13NO3/c14-8-11-6-10(7-13(11)12(15)16)9-4-2-1-3-5-9/h1-6,11,14H,7-8H2,(H,15,16). The summed E-state index contributed by atoms with van der Waals surface area (Å²) < 4.78 is 0. The molecule has 0 saturated carbocycles. The smallest absolute Gasteiger partial charge is 0.408 e. The Kier molecular flexibility index (Phi) is 2.92. The van der Waals surface area contributed by atoms with E-state index in [0.29, 0.717) is 6.54 Å². The van der Waals surface area contributed by atoms with E-state index < -0.39 is 12.1 Å². The lowest BCUT2D eigenvalue weighted by molar-refractivity contribution is 0.125. The maximum absolute atomic E-state index is 10.9. The topological polar surface area (TPSA) is 60.8 Å². The van der Waals surface area contributed by atoms with Gasteiger partial charge in [-0.2, -0.15) is 0 Å². The van der Waals surface area contributed by atoms with Crippen molar-refractivity contribution in [3.05, 3.63) is 42.0 Å². The van der Waals surface area contributed by atoms with Crippen LogP contribution in [0.2, 0.25) is 0 Å². The molecule has 84 valence electrons. The summed E-state index contributed by atoms with van der Waals surface area (Å²) in [5.74, 6) is 0. The number of aliphatic hydroxyl groups is 1. The normalized spacial score (nSPS) is 19.7. The first-order chi connectivity index (χ1) is 7.72. The van der Waals surface area contributed by atoms with E-state index in [2.05, 4.69) is 0 Å². The Hall–Kier alpha value is -1.81. The highest BCUT2D eigenvalue weighted by molar-refractivity contribution is 5.77. The molecule has 4 heteroatoms. The second-order valence-electron chi connectivity index (χ2n) is 3.72. The summed E-state index contributed by atoms with van der Waals surface area (Å²) in [7, 11) is 0. The fraction of sp³-hybridized carbons (Fsp3) is 0.250. The predicted octanol–water partition coefficient (Wildman–Crippen LogP) is 1.42. The van der Waals surface area contributed by atoms with Crippen LogP contribution in [-0.2, 0) is 0 Å². The van der Waals surface area contributed by atoms with Gasteiger partial charge in [0.25, 0.3) is 0 Å².